The van der Waals surface area contributed by atoms with Crippen LogP contribution < -0.4 is 27.0 Å². The Morgan fingerprint density at radius 1 is 1.12 bits per heavy atom. The van der Waals surface area contributed by atoms with Crippen molar-refractivity contribution in [2.75, 3.05) is 25.5 Å². The van der Waals surface area contributed by atoms with E-state index in [1.54, 1.807) is 0 Å². The highest BCUT2D eigenvalue weighted by Crippen LogP contribution is 2.31. The molecule has 34 heavy (non-hydrogen) atoms. The van der Waals surface area contributed by atoms with E-state index in [0.29, 0.717) is 11.9 Å². The molecule has 0 saturated carbocycles. The Bertz CT molecular complexity index is 1030. The summed E-state index contributed by atoms with van der Waals surface area (Å²) in [7, 11) is 1.94. The lowest BCUT2D eigenvalue weighted by Crippen LogP contribution is -2.44. The van der Waals surface area contributed by atoms with Gasteiger partial charge >= 0.3 is 0 Å². The van der Waals surface area contributed by atoms with Crippen LogP contribution in [0.2, 0.25) is 0 Å². The van der Waals surface area contributed by atoms with Crippen LogP contribution in [-0.4, -0.2) is 32.9 Å². The molecule has 6 nitrogen and oxygen atoms in total. The molecule has 0 aliphatic carbocycles. The molecule has 2 unspecified atom stereocenters. The predicted octanol–water partition coefficient (Wildman–Crippen LogP) is 4.54. The van der Waals surface area contributed by atoms with Crippen molar-refractivity contribution in [3.8, 4) is 0 Å². The highest BCUT2D eigenvalue weighted by atomic mass is 15.0. The van der Waals surface area contributed by atoms with Gasteiger partial charge in [-0.2, -0.15) is 0 Å². The lowest BCUT2D eigenvalue weighted by Gasteiger charge is -2.31. The second-order valence-electron chi connectivity index (χ2n) is 8.83. The van der Waals surface area contributed by atoms with Crippen LogP contribution in [0, 0.1) is 0 Å². The van der Waals surface area contributed by atoms with Gasteiger partial charge in [0.2, 0.25) is 0 Å². The summed E-state index contributed by atoms with van der Waals surface area (Å²) in [6.07, 6.45) is 2.27. The number of hydrogen-bond donors (Lipinski definition) is 5. The van der Waals surface area contributed by atoms with Crippen molar-refractivity contribution < 1.29 is 0 Å². The van der Waals surface area contributed by atoms with E-state index in [0.717, 1.165) is 65.3 Å². The normalized spacial score (nSPS) is 17.2. The fourth-order valence-corrected chi connectivity index (χ4v) is 4.30. The number of piperidine rings is 1. The number of rotatable bonds is 10. The Hall–Kier alpha value is -3.35. The number of allylic oxidation sites excluding steroid dienone is 1. The van der Waals surface area contributed by atoms with Gasteiger partial charge in [0.15, 0.2) is 0 Å². The third kappa shape index (κ3) is 6.37. The van der Waals surface area contributed by atoms with E-state index in [9.17, 15) is 0 Å². The number of nitrogens with zero attached hydrogens (tertiary/aromatic N) is 1. The van der Waals surface area contributed by atoms with Gasteiger partial charge in [0.25, 0.3) is 0 Å². The summed E-state index contributed by atoms with van der Waals surface area (Å²) < 4.78 is 0. The largest absolute Gasteiger partial charge is 0.383 e. The van der Waals surface area contributed by atoms with E-state index < -0.39 is 0 Å². The Morgan fingerprint density at radius 3 is 2.38 bits per heavy atom. The highest BCUT2D eigenvalue weighted by molar-refractivity contribution is 5.75. The number of likely N-dealkylation sites (N-methyl/N-ethyl adjacent to an activating group) is 1. The molecule has 0 spiro atoms. The van der Waals surface area contributed by atoms with Crippen LogP contribution in [0.1, 0.15) is 43.9 Å². The van der Waals surface area contributed by atoms with E-state index in [4.69, 9.17) is 5.73 Å². The first kappa shape index (κ1) is 25.3. The van der Waals surface area contributed by atoms with E-state index in [1.165, 1.54) is 0 Å². The number of benzene rings is 2. The van der Waals surface area contributed by atoms with Gasteiger partial charge in [-0.25, -0.2) is 4.99 Å². The van der Waals surface area contributed by atoms with E-state index in [1.807, 2.05) is 37.4 Å². The van der Waals surface area contributed by atoms with Crippen molar-refractivity contribution in [1.29, 1.82) is 0 Å². The van der Waals surface area contributed by atoms with Crippen LogP contribution in [0.15, 0.2) is 88.8 Å². The first-order chi connectivity index (χ1) is 16.4. The minimum Gasteiger partial charge on any atom is -0.383 e. The van der Waals surface area contributed by atoms with Crippen molar-refractivity contribution in [2.24, 2.45) is 10.7 Å². The fourth-order valence-electron chi connectivity index (χ4n) is 4.30. The molecule has 0 radical (unpaired) electrons. The van der Waals surface area contributed by atoms with E-state index >= 15 is 0 Å². The zero-order valence-corrected chi connectivity index (χ0v) is 20.6. The summed E-state index contributed by atoms with van der Waals surface area (Å²) >= 11 is 0. The molecular weight excluding hydrogens is 420 g/mol. The summed E-state index contributed by atoms with van der Waals surface area (Å²) in [6.45, 7) is 14.1. The van der Waals surface area contributed by atoms with Gasteiger partial charge in [-0.15, -0.1) is 0 Å². The van der Waals surface area contributed by atoms with Gasteiger partial charge in [-0.3, -0.25) is 0 Å². The number of para-hydroxylation sites is 1. The number of aliphatic imine (C=N–C) groups is 1. The van der Waals surface area contributed by atoms with Gasteiger partial charge < -0.3 is 27.0 Å². The topological polar surface area (TPSA) is 86.5 Å². The van der Waals surface area contributed by atoms with Gasteiger partial charge in [0.05, 0.1) is 6.04 Å². The predicted molar refractivity (Wildman–Crippen MR) is 146 cm³/mol. The molecule has 0 aromatic heterocycles. The lowest BCUT2D eigenvalue weighted by molar-refractivity contribution is 0.412. The molecule has 0 amide bonds. The number of nitrogens with two attached hydrogens (primary N) is 1. The fraction of sp³-hybridized carbons (Fsp3) is 0.321. The van der Waals surface area contributed by atoms with Gasteiger partial charge in [-0.1, -0.05) is 54.6 Å². The number of hydrogen-bond acceptors (Lipinski definition) is 6. The molecule has 1 aliphatic heterocycles. The zero-order chi connectivity index (χ0) is 24.5. The summed E-state index contributed by atoms with van der Waals surface area (Å²) in [6, 6.07) is 18.6. The van der Waals surface area contributed by atoms with Crippen LogP contribution in [0.3, 0.4) is 0 Å². The Kier molecular flexibility index (Phi) is 9.08. The van der Waals surface area contributed by atoms with Crippen molar-refractivity contribution in [3.05, 3.63) is 95.0 Å². The molecule has 180 valence electrons. The Labute approximate surface area is 204 Å². The van der Waals surface area contributed by atoms with Crippen LogP contribution in [0.25, 0.3) is 5.70 Å². The Balaban J connectivity index is 1.88. The molecule has 0 bridgehead atoms. The zero-order valence-electron chi connectivity index (χ0n) is 20.6. The van der Waals surface area contributed by atoms with Crippen LogP contribution >= 0.6 is 0 Å². The summed E-state index contributed by atoms with van der Waals surface area (Å²) in [5, 5.41) is 14.0. The van der Waals surface area contributed by atoms with Crippen molar-refractivity contribution in [1.82, 2.24) is 16.0 Å². The van der Waals surface area contributed by atoms with Crippen LogP contribution in [0.4, 0.5) is 5.69 Å². The molecule has 2 atom stereocenters. The van der Waals surface area contributed by atoms with E-state index in [-0.39, 0.29) is 6.04 Å². The maximum atomic E-state index is 6.44. The molecule has 6 heteroatoms. The maximum Gasteiger partial charge on any atom is 0.129 e. The molecule has 1 saturated heterocycles. The first-order valence-electron chi connectivity index (χ1n) is 11.8. The molecule has 2 aromatic rings. The molecule has 3 rings (SSSR count). The van der Waals surface area contributed by atoms with Crippen molar-refractivity contribution in [2.45, 2.75) is 38.8 Å². The van der Waals surface area contributed by atoms with E-state index in [2.05, 4.69) is 77.7 Å². The summed E-state index contributed by atoms with van der Waals surface area (Å²) in [5.74, 6) is 0.422. The molecule has 6 N–H and O–H groups in total. The van der Waals surface area contributed by atoms with Crippen LogP contribution in [-0.2, 0) is 0 Å². The average Bonchev–Trinajstić information content (AvgIpc) is 2.87. The summed E-state index contributed by atoms with van der Waals surface area (Å²) in [4.78, 5) is 4.13. The standard InChI is InChI=1S/C28H38N6/c1-19(2)26(34-24-12-9-17-32-18-24)25(28(29)31-5)27(30-4)22-15-13-21(14-16-22)20(3)33-23-10-7-6-8-11-23/h6-8,10-11,13-16,24,27,30,32-34H,3,5,9,12,17-18,29H2,1-2,4H3/b28-25+. The third-order valence-corrected chi connectivity index (χ3v) is 6.10. The lowest BCUT2D eigenvalue weighted by atomic mass is 9.92. The molecule has 2 aromatic carbocycles. The summed E-state index contributed by atoms with van der Waals surface area (Å²) in [5.41, 5.74) is 13.5. The second kappa shape index (κ2) is 12.2. The molecule has 1 heterocycles. The molecular formula is C28H38N6. The monoisotopic (exact) mass is 458 g/mol. The Morgan fingerprint density at radius 2 is 1.82 bits per heavy atom. The van der Waals surface area contributed by atoms with Crippen molar-refractivity contribution in [3.63, 3.8) is 0 Å². The average molecular weight is 459 g/mol. The SMILES string of the molecule is C=N/C(N)=C(\C(NC1CCCNC1)=C(C)C)C(NC)c1ccc(C(=C)Nc2ccccc2)cc1. The van der Waals surface area contributed by atoms with Gasteiger partial charge in [0.1, 0.15) is 5.82 Å². The van der Waals surface area contributed by atoms with Crippen molar-refractivity contribution >= 4 is 18.1 Å². The highest BCUT2D eigenvalue weighted by Gasteiger charge is 2.25. The van der Waals surface area contributed by atoms with Gasteiger partial charge in [0, 0.05) is 35.2 Å². The minimum absolute atomic E-state index is 0.149. The first-order valence-corrected chi connectivity index (χ1v) is 11.8. The maximum absolute atomic E-state index is 6.44. The second-order valence-corrected chi connectivity index (χ2v) is 8.83. The smallest absolute Gasteiger partial charge is 0.129 e. The number of nitrogens with one attached hydrogen (secondary N) is 4. The molecule has 1 aliphatic rings. The minimum atomic E-state index is -0.149. The number of anilines is 1. The van der Waals surface area contributed by atoms with Crippen LogP contribution in [0.5, 0.6) is 0 Å². The quantitative estimate of drug-likeness (QED) is 0.267. The third-order valence-electron chi connectivity index (χ3n) is 6.10. The molecule has 1 fully saturated rings. The van der Waals surface area contributed by atoms with Gasteiger partial charge in [-0.05, 0) is 70.3 Å².